The summed E-state index contributed by atoms with van der Waals surface area (Å²) in [6.07, 6.45) is -0.153. The van der Waals surface area contributed by atoms with Gasteiger partial charge in [0.2, 0.25) is 5.92 Å². The van der Waals surface area contributed by atoms with E-state index in [1.54, 1.807) is 0 Å². The average molecular weight is 259 g/mol. The molecule has 0 rings (SSSR count). The van der Waals surface area contributed by atoms with Crippen molar-refractivity contribution < 1.29 is 18.3 Å². The summed E-state index contributed by atoms with van der Waals surface area (Å²) in [6, 6.07) is 0. The molecule has 2 nitrogen and oxygen atoms in total. The van der Waals surface area contributed by atoms with Gasteiger partial charge in [0.15, 0.2) is 0 Å². The molecule has 1 atom stereocenters. The van der Waals surface area contributed by atoms with Crippen LogP contribution in [0.3, 0.4) is 0 Å². The normalized spacial score (nSPS) is 13.9. The van der Waals surface area contributed by atoms with Crippen molar-refractivity contribution in [2.75, 3.05) is 12.4 Å². The number of methoxy groups -OCH3 is 1. The number of esters is 1. The first-order valence-corrected chi connectivity index (χ1v) is 5.04. The largest absolute Gasteiger partial charge is 0.469 e. The van der Waals surface area contributed by atoms with Crippen molar-refractivity contribution in [3.05, 3.63) is 0 Å². The van der Waals surface area contributed by atoms with E-state index in [2.05, 4.69) is 20.7 Å². The van der Waals surface area contributed by atoms with Gasteiger partial charge >= 0.3 is 5.97 Å². The number of alkyl halides is 3. The number of halogens is 3. The van der Waals surface area contributed by atoms with Crippen LogP contribution in [0.2, 0.25) is 0 Å². The summed E-state index contributed by atoms with van der Waals surface area (Å²) in [5, 5.41) is 0.357. The zero-order chi connectivity index (χ0) is 10.5. The fraction of sp³-hybridized carbons (Fsp3) is 0.875. The fourth-order valence-corrected chi connectivity index (χ4v) is 1.44. The third-order valence-corrected chi connectivity index (χ3v) is 2.43. The molecule has 78 valence electrons. The molecule has 0 unspecified atom stereocenters. The van der Waals surface area contributed by atoms with Crippen LogP contribution in [0, 0.1) is 5.92 Å². The van der Waals surface area contributed by atoms with Gasteiger partial charge in [-0.15, -0.1) is 0 Å². The zero-order valence-electron chi connectivity index (χ0n) is 7.65. The minimum Gasteiger partial charge on any atom is -0.469 e. The molecular formula is C8H13BrF2O2. The van der Waals surface area contributed by atoms with Gasteiger partial charge in [-0.05, 0) is 13.3 Å². The van der Waals surface area contributed by atoms with Gasteiger partial charge in [0.25, 0.3) is 0 Å². The monoisotopic (exact) mass is 258 g/mol. The molecule has 0 saturated carbocycles. The topological polar surface area (TPSA) is 26.3 Å². The van der Waals surface area contributed by atoms with Crippen molar-refractivity contribution in [2.24, 2.45) is 5.92 Å². The van der Waals surface area contributed by atoms with Crippen molar-refractivity contribution in [1.82, 2.24) is 0 Å². The molecule has 0 amide bonds. The Morgan fingerprint density at radius 1 is 1.62 bits per heavy atom. The van der Waals surface area contributed by atoms with Gasteiger partial charge in [-0.1, -0.05) is 15.9 Å². The SMILES string of the molecule is COC(=O)[C@H](CBr)CCC(C)(F)F. The second-order valence-electron chi connectivity index (χ2n) is 2.98. The second-order valence-corrected chi connectivity index (χ2v) is 3.63. The highest BCUT2D eigenvalue weighted by Gasteiger charge is 2.26. The highest BCUT2D eigenvalue weighted by atomic mass is 79.9. The lowest BCUT2D eigenvalue weighted by Gasteiger charge is -2.14. The molecule has 5 heteroatoms. The molecule has 13 heavy (non-hydrogen) atoms. The fourth-order valence-electron chi connectivity index (χ4n) is 0.852. The maximum atomic E-state index is 12.4. The summed E-state index contributed by atoms with van der Waals surface area (Å²) in [6.45, 7) is 0.843. The minimum atomic E-state index is -2.71. The molecule has 0 aromatic heterocycles. The summed E-state index contributed by atoms with van der Waals surface area (Å²) in [5.41, 5.74) is 0. The number of carbonyl (C=O) groups is 1. The second kappa shape index (κ2) is 5.52. The smallest absolute Gasteiger partial charge is 0.309 e. The average Bonchev–Trinajstić information content (AvgIpc) is 2.03. The van der Waals surface area contributed by atoms with Gasteiger partial charge in [0, 0.05) is 11.8 Å². The van der Waals surface area contributed by atoms with Crippen LogP contribution >= 0.6 is 15.9 Å². The van der Waals surface area contributed by atoms with E-state index < -0.39 is 17.8 Å². The van der Waals surface area contributed by atoms with E-state index >= 15 is 0 Å². The number of rotatable bonds is 5. The first-order valence-electron chi connectivity index (χ1n) is 3.92. The molecule has 0 fully saturated rings. The maximum Gasteiger partial charge on any atom is 0.309 e. The number of hydrogen-bond acceptors (Lipinski definition) is 2. The number of hydrogen-bond donors (Lipinski definition) is 0. The molecule has 0 aromatic carbocycles. The molecule has 0 spiro atoms. The first kappa shape index (κ1) is 12.8. The van der Waals surface area contributed by atoms with Crippen molar-refractivity contribution in [3.8, 4) is 0 Å². The summed E-state index contributed by atoms with van der Waals surface area (Å²) in [4.78, 5) is 11.0. The Kier molecular flexibility index (Phi) is 5.44. The molecule has 0 aliphatic carbocycles. The Bertz CT molecular complexity index is 168. The van der Waals surface area contributed by atoms with Crippen molar-refractivity contribution in [3.63, 3.8) is 0 Å². The van der Waals surface area contributed by atoms with Gasteiger partial charge in [-0.25, -0.2) is 8.78 Å². The molecule has 0 aromatic rings. The van der Waals surface area contributed by atoms with Gasteiger partial charge in [0.05, 0.1) is 13.0 Å². The number of ether oxygens (including phenoxy) is 1. The molecule has 0 radical (unpaired) electrons. The summed E-state index contributed by atoms with van der Waals surface area (Å²) in [5.74, 6) is -3.63. The quantitative estimate of drug-likeness (QED) is 0.560. The summed E-state index contributed by atoms with van der Waals surface area (Å²) < 4.78 is 29.3. The molecule has 0 aliphatic heterocycles. The van der Waals surface area contributed by atoms with E-state index in [4.69, 9.17) is 0 Å². The first-order chi connectivity index (χ1) is 5.90. The van der Waals surface area contributed by atoms with E-state index in [1.165, 1.54) is 7.11 Å². The summed E-state index contributed by atoms with van der Waals surface area (Å²) >= 11 is 3.08. The van der Waals surface area contributed by atoms with Crippen LogP contribution in [-0.4, -0.2) is 24.3 Å². The third-order valence-electron chi connectivity index (χ3n) is 1.65. The Labute approximate surface area is 84.8 Å². The lowest BCUT2D eigenvalue weighted by molar-refractivity contribution is -0.145. The van der Waals surface area contributed by atoms with Crippen LogP contribution in [0.4, 0.5) is 8.78 Å². The Morgan fingerprint density at radius 2 is 2.15 bits per heavy atom. The predicted octanol–water partition coefficient (Wildman–Crippen LogP) is 2.61. The molecule has 0 aliphatic rings. The van der Waals surface area contributed by atoms with Gasteiger partial charge in [-0.3, -0.25) is 4.79 Å². The zero-order valence-corrected chi connectivity index (χ0v) is 9.24. The minimum absolute atomic E-state index is 0.140. The molecule has 0 bridgehead atoms. The predicted molar refractivity (Wildman–Crippen MR) is 49.2 cm³/mol. The third kappa shape index (κ3) is 5.96. The number of carbonyl (C=O) groups excluding carboxylic acids is 1. The van der Waals surface area contributed by atoms with E-state index in [9.17, 15) is 13.6 Å². The lowest BCUT2D eigenvalue weighted by atomic mass is 10.0. The van der Waals surface area contributed by atoms with Crippen LogP contribution in [-0.2, 0) is 9.53 Å². The van der Waals surface area contributed by atoms with E-state index in [0.29, 0.717) is 5.33 Å². The van der Waals surface area contributed by atoms with Crippen LogP contribution in [0.15, 0.2) is 0 Å². The highest BCUT2D eigenvalue weighted by Crippen LogP contribution is 2.23. The van der Waals surface area contributed by atoms with Crippen LogP contribution in [0.1, 0.15) is 19.8 Å². The standard InChI is InChI=1S/C8H13BrF2O2/c1-8(10,11)4-3-6(5-9)7(12)13-2/h6H,3-5H2,1-2H3/t6-/m0/s1. The van der Waals surface area contributed by atoms with Crippen molar-refractivity contribution in [1.29, 1.82) is 0 Å². The maximum absolute atomic E-state index is 12.4. The molecule has 0 heterocycles. The molecule has 0 saturated heterocycles. The van der Waals surface area contributed by atoms with E-state index in [0.717, 1.165) is 6.92 Å². The highest BCUT2D eigenvalue weighted by molar-refractivity contribution is 9.09. The van der Waals surface area contributed by atoms with Gasteiger partial charge in [0.1, 0.15) is 0 Å². The van der Waals surface area contributed by atoms with Crippen molar-refractivity contribution in [2.45, 2.75) is 25.7 Å². The van der Waals surface area contributed by atoms with E-state index in [1.807, 2.05) is 0 Å². The van der Waals surface area contributed by atoms with Gasteiger partial charge in [-0.2, -0.15) is 0 Å². The lowest BCUT2D eigenvalue weighted by Crippen LogP contribution is -2.21. The van der Waals surface area contributed by atoms with Crippen LogP contribution < -0.4 is 0 Å². The van der Waals surface area contributed by atoms with Gasteiger partial charge < -0.3 is 4.74 Å². The Balaban J connectivity index is 3.93. The van der Waals surface area contributed by atoms with Crippen molar-refractivity contribution >= 4 is 21.9 Å². The Hall–Kier alpha value is -0.190. The van der Waals surface area contributed by atoms with Crippen LogP contribution in [0.25, 0.3) is 0 Å². The summed E-state index contributed by atoms with van der Waals surface area (Å²) in [7, 11) is 1.25. The molecular weight excluding hydrogens is 246 g/mol. The van der Waals surface area contributed by atoms with Crippen LogP contribution in [0.5, 0.6) is 0 Å². The Morgan fingerprint density at radius 3 is 2.46 bits per heavy atom. The molecule has 0 N–H and O–H groups in total. The van der Waals surface area contributed by atoms with E-state index in [-0.39, 0.29) is 12.8 Å².